The third-order valence-electron chi connectivity index (χ3n) is 2.46. The molecule has 1 aromatic carbocycles. The summed E-state index contributed by atoms with van der Waals surface area (Å²) in [4.78, 5) is 0. The van der Waals surface area contributed by atoms with Crippen LogP contribution in [0.15, 0.2) is 18.2 Å². The Labute approximate surface area is 92.9 Å². The molecule has 0 saturated heterocycles. The summed E-state index contributed by atoms with van der Waals surface area (Å²) in [6.07, 6.45) is 0.659. The average Bonchev–Trinajstić information content (AvgIpc) is 2.59. The van der Waals surface area contributed by atoms with Crippen molar-refractivity contribution in [3.8, 4) is 5.69 Å². The first-order chi connectivity index (χ1) is 7.63. The smallest absolute Gasteiger partial charge is 0.169 e. The molecule has 2 rings (SSSR count). The number of rotatable bonds is 2. The van der Waals surface area contributed by atoms with Gasteiger partial charge in [-0.05, 0) is 31.0 Å². The van der Waals surface area contributed by atoms with Gasteiger partial charge in [-0.25, -0.2) is 9.07 Å². The molecule has 0 fully saturated rings. The van der Waals surface area contributed by atoms with Crippen molar-refractivity contribution in [2.75, 3.05) is 5.73 Å². The van der Waals surface area contributed by atoms with Crippen LogP contribution < -0.4 is 5.73 Å². The summed E-state index contributed by atoms with van der Waals surface area (Å²) in [6.45, 7) is 3.76. The lowest BCUT2D eigenvalue weighted by Gasteiger charge is -2.06. The molecule has 1 aromatic heterocycles. The van der Waals surface area contributed by atoms with Gasteiger partial charge in [0, 0.05) is 0 Å². The van der Waals surface area contributed by atoms with Gasteiger partial charge in [-0.3, -0.25) is 0 Å². The first-order valence-corrected chi connectivity index (χ1v) is 5.10. The zero-order valence-electron chi connectivity index (χ0n) is 9.24. The van der Waals surface area contributed by atoms with Crippen LogP contribution in [0, 0.1) is 12.7 Å². The second-order valence-corrected chi connectivity index (χ2v) is 3.64. The maximum absolute atomic E-state index is 13.7. The molecule has 5 heteroatoms. The minimum Gasteiger partial charge on any atom is -0.381 e. The fourth-order valence-corrected chi connectivity index (χ4v) is 1.62. The lowest BCUT2D eigenvalue weighted by atomic mass is 10.2. The zero-order chi connectivity index (χ0) is 11.7. The van der Waals surface area contributed by atoms with Crippen LogP contribution in [0.3, 0.4) is 0 Å². The van der Waals surface area contributed by atoms with Gasteiger partial charge < -0.3 is 5.73 Å². The lowest BCUT2D eigenvalue weighted by molar-refractivity contribution is 0.601. The van der Waals surface area contributed by atoms with Crippen molar-refractivity contribution in [2.24, 2.45) is 0 Å². The van der Waals surface area contributed by atoms with E-state index in [0.29, 0.717) is 17.9 Å². The SMILES string of the molecule is CCc1c(N)nnn1-c1ccc(C)cc1F. The standard InChI is InChI=1S/C11H13FN4/c1-3-9-11(13)14-15-16(9)10-5-4-7(2)6-8(10)12/h4-6H,3,13H2,1-2H3. The molecule has 0 unspecified atom stereocenters. The molecule has 84 valence electrons. The van der Waals surface area contributed by atoms with E-state index in [2.05, 4.69) is 10.3 Å². The van der Waals surface area contributed by atoms with Crippen LogP contribution in [0.2, 0.25) is 0 Å². The van der Waals surface area contributed by atoms with E-state index in [4.69, 9.17) is 5.73 Å². The molecule has 0 aliphatic heterocycles. The summed E-state index contributed by atoms with van der Waals surface area (Å²) in [5.74, 6) is 0.0297. The molecule has 0 amide bonds. The van der Waals surface area contributed by atoms with Crippen molar-refractivity contribution in [1.82, 2.24) is 15.0 Å². The molecule has 0 spiro atoms. The van der Waals surface area contributed by atoms with Crippen LogP contribution in [0.1, 0.15) is 18.2 Å². The van der Waals surface area contributed by atoms with Gasteiger partial charge >= 0.3 is 0 Å². The quantitative estimate of drug-likeness (QED) is 0.840. The summed E-state index contributed by atoms with van der Waals surface area (Å²) < 4.78 is 15.2. The van der Waals surface area contributed by atoms with Crippen LogP contribution >= 0.6 is 0 Å². The van der Waals surface area contributed by atoms with Crippen LogP contribution in [-0.4, -0.2) is 15.0 Å². The second kappa shape index (κ2) is 3.92. The van der Waals surface area contributed by atoms with Gasteiger partial charge in [-0.1, -0.05) is 18.2 Å². The Bertz CT molecular complexity index is 519. The molecule has 2 aromatic rings. The maximum Gasteiger partial charge on any atom is 0.169 e. The molecule has 0 saturated carbocycles. The van der Waals surface area contributed by atoms with Crippen LogP contribution in [0.4, 0.5) is 10.2 Å². The summed E-state index contributed by atoms with van der Waals surface area (Å²) in [7, 11) is 0. The topological polar surface area (TPSA) is 56.7 Å². The third-order valence-corrected chi connectivity index (χ3v) is 2.46. The molecule has 0 radical (unpaired) electrons. The van der Waals surface area contributed by atoms with E-state index < -0.39 is 0 Å². The summed E-state index contributed by atoms with van der Waals surface area (Å²) >= 11 is 0. The van der Waals surface area contributed by atoms with E-state index >= 15 is 0 Å². The normalized spacial score (nSPS) is 10.7. The number of nitrogens with zero attached hydrogens (tertiary/aromatic N) is 3. The maximum atomic E-state index is 13.7. The van der Waals surface area contributed by atoms with Crippen molar-refractivity contribution in [3.05, 3.63) is 35.3 Å². The number of hydrogen-bond acceptors (Lipinski definition) is 3. The fraction of sp³-hybridized carbons (Fsp3) is 0.273. The Hall–Kier alpha value is -1.91. The predicted octanol–water partition coefficient (Wildman–Crippen LogP) is 1.86. The van der Waals surface area contributed by atoms with Gasteiger partial charge in [0.05, 0.1) is 5.69 Å². The highest BCUT2D eigenvalue weighted by atomic mass is 19.1. The Morgan fingerprint density at radius 3 is 2.81 bits per heavy atom. The second-order valence-electron chi connectivity index (χ2n) is 3.64. The number of aryl methyl sites for hydroxylation is 1. The Morgan fingerprint density at radius 2 is 2.19 bits per heavy atom. The molecule has 4 nitrogen and oxygen atoms in total. The van der Waals surface area contributed by atoms with E-state index in [-0.39, 0.29) is 5.82 Å². The Kier molecular flexibility index (Phi) is 2.60. The molecule has 1 heterocycles. The van der Waals surface area contributed by atoms with E-state index in [1.807, 2.05) is 19.9 Å². The summed E-state index contributed by atoms with van der Waals surface area (Å²) in [5, 5.41) is 7.60. The highest BCUT2D eigenvalue weighted by Gasteiger charge is 2.13. The van der Waals surface area contributed by atoms with E-state index in [1.54, 1.807) is 6.07 Å². The Balaban J connectivity index is 2.58. The van der Waals surface area contributed by atoms with Crippen LogP contribution in [0.25, 0.3) is 5.69 Å². The van der Waals surface area contributed by atoms with Crippen LogP contribution in [0.5, 0.6) is 0 Å². The minimum atomic E-state index is -0.320. The average molecular weight is 220 g/mol. The van der Waals surface area contributed by atoms with Gasteiger partial charge in [-0.15, -0.1) is 5.10 Å². The third kappa shape index (κ3) is 1.64. The van der Waals surface area contributed by atoms with Crippen molar-refractivity contribution in [2.45, 2.75) is 20.3 Å². The van der Waals surface area contributed by atoms with Gasteiger partial charge in [0.15, 0.2) is 5.82 Å². The number of hydrogen-bond donors (Lipinski definition) is 1. The predicted molar refractivity (Wildman–Crippen MR) is 59.8 cm³/mol. The van der Waals surface area contributed by atoms with Crippen molar-refractivity contribution < 1.29 is 4.39 Å². The number of halogens is 1. The molecule has 0 bridgehead atoms. The number of nitrogens with two attached hydrogens (primary N) is 1. The van der Waals surface area contributed by atoms with Crippen molar-refractivity contribution >= 4 is 5.82 Å². The monoisotopic (exact) mass is 220 g/mol. The van der Waals surface area contributed by atoms with Gasteiger partial charge in [-0.2, -0.15) is 0 Å². The van der Waals surface area contributed by atoms with E-state index in [9.17, 15) is 4.39 Å². The first-order valence-electron chi connectivity index (χ1n) is 5.10. The Morgan fingerprint density at radius 1 is 1.44 bits per heavy atom. The van der Waals surface area contributed by atoms with E-state index in [0.717, 1.165) is 11.3 Å². The number of benzene rings is 1. The molecule has 0 aliphatic carbocycles. The molecule has 16 heavy (non-hydrogen) atoms. The highest BCUT2D eigenvalue weighted by Crippen LogP contribution is 2.18. The number of aromatic nitrogens is 3. The molecular weight excluding hydrogens is 207 g/mol. The molecule has 2 N–H and O–H groups in total. The van der Waals surface area contributed by atoms with Gasteiger partial charge in [0.2, 0.25) is 0 Å². The molecule has 0 atom stereocenters. The highest BCUT2D eigenvalue weighted by molar-refractivity contribution is 5.42. The van der Waals surface area contributed by atoms with Gasteiger partial charge in [0.1, 0.15) is 11.5 Å². The van der Waals surface area contributed by atoms with Crippen LogP contribution in [-0.2, 0) is 6.42 Å². The van der Waals surface area contributed by atoms with Crippen molar-refractivity contribution in [1.29, 1.82) is 0 Å². The summed E-state index contributed by atoms with van der Waals surface area (Å²) in [5.41, 5.74) is 7.63. The lowest BCUT2D eigenvalue weighted by Crippen LogP contribution is -2.05. The van der Waals surface area contributed by atoms with Crippen molar-refractivity contribution in [3.63, 3.8) is 0 Å². The largest absolute Gasteiger partial charge is 0.381 e. The minimum absolute atomic E-state index is 0.320. The fourth-order valence-electron chi connectivity index (χ4n) is 1.62. The summed E-state index contributed by atoms with van der Waals surface area (Å²) in [6, 6.07) is 4.97. The number of nitrogen functional groups attached to an aromatic ring is 1. The molecule has 0 aliphatic rings. The van der Waals surface area contributed by atoms with E-state index in [1.165, 1.54) is 10.7 Å². The zero-order valence-corrected chi connectivity index (χ0v) is 9.24. The molecular formula is C11H13FN4. The number of anilines is 1. The van der Waals surface area contributed by atoms with Gasteiger partial charge in [0.25, 0.3) is 0 Å². The first kappa shape index (κ1) is 10.6.